The van der Waals surface area contributed by atoms with Crippen LogP contribution in [0.15, 0.2) is 47.6 Å². The summed E-state index contributed by atoms with van der Waals surface area (Å²) in [6, 6.07) is 10.2. The standard InChI is InChI=1S/C26H33N3O8/c1-6-34-19-12-13-21(36-16-22(30)35-7-2)20(14-19)23(24(31)32)28-18-10-8-17(9-11-18)15-27-29-25(33)37-26(3,4)5/h8-15,23,28H,6-7,16H2,1-5H3,(H,29,33)(H,31,32). The van der Waals surface area contributed by atoms with Crippen LogP contribution < -0.4 is 20.2 Å². The number of anilines is 1. The van der Waals surface area contributed by atoms with Gasteiger partial charge < -0.3 is 29.4 Å². The molecule has 11 heteroatoms. The average molecular weight is 516 g/mol. The van der Waals surface area contributed by atoms with Crippen molar-refractivity contribution in [3.63, 3.8) is 0 Å². The monoisotopic (exact) mass is 515 g/mol. The van der Waals surface area contributed by atoms with Crippen molar-refractivity contribution < 1.29 is 38.4 Å². The van der Waals surface area contributed by atoms with Gasteiger partial charge in [-0.25, -0.2) is 19.8 Å². The van der Waals surface area contributed by atoms with Crippen LogP contribution in [0.4, 0.5) is 10.5 Å². The predicted molar refractivity (Wildman–Crippen MR) is 137 cm³/mol. The molecule has 0 aliphatic rings. The minimum atomic E-state index is -1.22. The maximum atomic E-state index is 12.2. The molecule has 2 rings (SSSR count). The van der Waals surface area contributed by atoms with Crippen molar-refractivity contribution in [1.29, 1.82) is 0 Å². The molecule has 37 heavy (non-hydrogen) atoms. The molecular formula is C26H33N3O8. The van der Waals surface area contributed by atoms with Crippen molar-refractivity contribution in [2.75, 3.05) is 25.1 Å². The summed E-state index contributed by atoms with van der Waals surface area (Å²) in [5.74, 6) is -1.08. The maximum Gasteiger partial charge on any atom is 0.428 e. The molecule has 11 nitrogen and oxygen atoms in total. The molecular weight excluding hydrogens is 482 g/mol. The number of amides is 1. The number of esters is 1. The smallest absolute Gasteiger partial charge is 0.428 e. The minimum absolute atomic E-state index is 0.202. The number of rotatable bonds is 12. The van der Waals surface area contributed by atoms with Gasteiger partial charge in [-0.15, -0.1) is 0 Å². The number of nitrogens with one attached hydrogen (secondary N) is 2. The molecule has 0 aliphatic carbocycles. The highest BCUT2D eigenvalue weighted by Gasteiger charge is 2.25. The highest BCUT2D eigenvalue weighted by molar-refractivity contribution is 5.83. The van der Waals surface area contributed by atoms with Gasteiger partial charge in [-0.05, 0) is 70.5 Å². The van der Waals surface area contributed by atoms with Gasteiger partial charge in [-0.3, -0.25) is 0 Å². The quantitative estimate of drug-likeness (QED) is 0.216. The van der Waals surface area contributed by atoms with Gasteiger partial charge in [0.2, 0.25) is 0 Å². The number of ether oxygens (including phenoxy) is 4. The van der Waals surface area contributed by atoms with E-state index in [1.165, 1.54) is 6.21 Å². The largest absolute Gasteiger partial charge is 0.494 e. The van der Waals surface area contributed by atoms with Crippen molar-refractivity contribution in [3.8, 4) is 11.5 Å². The molecule has 1 unspecified atom stereocenters. The Bertz CT molecular complexity index is 1090. The van der Waals surface area contributed by atoms with Gasteiger partial charge in [0.1, 0.15) is 17.1 Å². The first-order chi connectivity index (χ1) is 17.5. The van der Waals surface area contributed by atoms with E-state index in [0.717, 1.165) is 0 Å². The molecule has 0 aromatic heterocycles. The number of hydrazone groups is 1. The summed E-state index contributed by atoms with van der Waals surface area (Å²) in [7, 11) is 0. The average Bonchev–Trinajstić information content (AvgIpc) is 2.81. The maximum absolute atomic E-state index is 12.2. The van der Waals surface area contributed by atoms with Crippen LogP contribution in [0.2, 0.25) is 0 Å². The first kappa shape index (κ1) is 29.0. The van der Waals surface area contributed by atoms with Gasteiger partial charge in [0.15, 0.2) is 12.6 Å². The number of carboxylic acid groups (broad SMARTS) is 1. The number of carboxylic acids is 1. The van der Waals surface area contributed by atoms with Crippen LogP contribution >= 0.6 is 0 Å². The molecule has 0 spiro atoms. The summed E-state index contributed by atoms with van der Waals surface area (Å²) in [5, 5.41) is 16.8. The second-order valence-electron chi connectivity index (χ2n) is 8.64. The Morgan fingerprint density at radius 2 is 1.73 bits per heavy atom. The first-order valence-electron chi connectivity index (χ1n) is 11.7. The van der Waals surface area contributed by atoms with Crippen molar-refractivity contribution in [2.24, 2.45) is 5.10 Å². The van der Waals surface area contributed by atoms with Gasteiger partial charge in [-0.2, -0.15) is 5.10 Å². The molecule has 2 aromatic rings. The lowest BCUT2D eigenvalue weighted by molar-refractivity contribution is -0.145. The molecule has 1 atom stereocenters. The summed E-state index contributed by atoms with van der Waals surface area (Å²) >= 11 is 0. The summed E-state index contributed by atoms with van der Waals surface area (Å²) < 4.78 is 21.1. The molecule has 0 saturated heterocycles. The Kier molecular flexibility index (Phi) is 10.7. The van der Waals surface area contributed by atoms with Crippen LogP contribution in [0.25, 0.3) is 0 Å². The van der Waals surface area contributed by atoms with E-state index in [9.17, 15) is 19.5 Å². The molecule has 200 valence electrons. The predicted octanol–water partition coefficient (Wildman–Crippen LogP) is 4.12. The molecule has 0 radical (unpaired) electrons. The van der Waals surface area contributed by atoms with Gasteiger partial charge in [0, 0.05) is 11.3 Å². The highest BCUT2D eigenvalue weighted by atomic mass is 16.6. The van der Waals surface area contributed by atoms with Crippen LogP contribution in [0.5, 0.6) is 11.5 Å². The minimum Gasteiger partial charge on any atom is -0.494 e. The topological polar surface area (TPSA) is 145 Å². The lowest BCUT2D eigenvalue weighted by atomic mass is 10.0. The normalized spacial score (nSPS) is 11.9. The molecule has 0 saturated carbocycles. The van der Waals surface area contributed by atoms with Gasteiger partial charge >= 0.3 is 18.0 Å². The van der Waals surface area contributed by atoms with E-state index in [0.29, 0.717) is 23.6 Å². The van der Waals surface area contributed by atoms with E-state index in [2.05, 4.69) is 15.8 Å². The summed E-state index contributed by atoms with van der Waals surface area (Å²) in [6.07, 6.45) is 0.747. The van der Waals surface area contributed by atoms with Crippen LogP contribution in [0.1, 0.15) is 51.8 Å². The summed E-state index contributed by atoms with van der Waals surface area (Å²) in [4.78, 5) is 35.6. The molecule has 2 aromatic carbocycles. The fourth-order valence-corrected chi connectivity index (χ4v) is 3.04. The van der Waals surface area contributed by atoms with E-state index >= 15 is 0 Å². The number of nitrogens with zero attached hydrogens (tertiary/aromatic N) is 1. The Labute approximate surface area is 215 Å². The number of hydrogen-bond donors (Lipinski definition) is 3. The number of aliphatic carboxylic acids is 1. The van der Waals surface area contributed by atoms with E-state index < -0.39 is 29.7 Å². The molecule has 0 bridgehead atoms. The fraction of sp³-hybridized carbons (Fsp3) is 0.385. The van der Waals surface area contributed by atoms with Crippen LogP contribution in [-0.4, -0.2) is 54.8 Å². The van der Waals surface area contributed by atoms with Crippen molar-refractivity contribution in [1.82, 2.24) is 5.43 Å². The molecule has 3 N–H and O–H groups in total. The Hall–Kier alpha value is -4.28. The number of benzene rings is 2. The first-order valence-corrected chi connectivity index (χ1v) is 11.7. The van der Waals surface area contributed by atoms with Gasteiger partial charge in [-0.1, -0.05) is 12.1 Å². The van der Waals surface area contributed by atoms with E-state index in [1.54, 1.807) is 70.2 Å². The van der Waals surface area contributed by atoms with E-state index in [-0.39, 0.29) is 24.5 Å². The number of hydrogen-bond acceptors (Lipinski definition) is 9. The SMILES string of the molecule is CCOC(=O)COc1ccc(OCC)cc1C(Nc1ccc(C=NNC(=O)OC(C)(C)C)cc1)C(=O)O. The third kappa shape index (κ3) is 10.1. The third-order valence-corrected chi connectivity index (χ3v) is 4.49. The molecule has 0 heterocycles. The zero-order valence-electron chi connectivity index (χ0n) is 21.6. The summed E-state index contributed by atoms with van der Waals surface area (Å²) in [6.45, 7) is 8.95. The van der Waals surface area contributed by atoms with E-state index in [1.807, 2.05) is 6.92 Å². The van der Waals surface area contributed by atoms with Crippen LogP contribution in [-0.2, 0) is 19.1 Å². The fourth-order valence-electron chi connectivity index (χ4n) is 3.04. The lowest BCUT2D eigenvalue weighted by Gasteiger charge is -2.20. The molecule has 0 fully saturated rings. The van der Waals surface area contributed by atoms with Crippen molar-refractivity contribution >= 4 is 29.9 Å². The Morgan fingerprint density at radius 1 is 1.03 bits per heavy atom. The second-order valence-corrected chi connectivity index (χ2v) is 8.64. The van der Waals surface area contributed by atoms with Crippen LogP contribution in [0, 0.1) is 0 Å². The summed E-state index contributed by atoms with van der Waals surface area (Å²) in [5.41, 5.74) is 3.07. The van der Waals surface area contributed by atoms with Gasteiger partial charge in [0.05, 0.1) is 19.4 Å². The Balaban J connectivity index is 2.19. The number of carbonyl (C=O) groups excluding carboxylic acids is 2. The van der Waals surface area contributed by atoms with E-state index in [4.69, 9.17) is 18.9 Å². The Morgan fingerprint density at radius 3 is 2.32 bits per heavy atom. The van der Waals surface area contributed by atoms with Gasteiger partial charge in [0.25, 0.3) is 0 Å². The lowest BCUT2D eigenvalue weighted by Crippen LogP contribution is -2.29. The van der Waals surface area contributed by atoms with Crippen LogP contribution in [0.3, 0.4) is 0 Å². The zero-order chi connectivity index (χ0) is 27.4. The zero-order valence-corrected chi connectivity index (χ0v) is 21.6. The molecule has 0 aliphatic heterocycles. The van der Waals surface area contributed by atoms with Crippen molar-refractivity contribution in [2.45, 2.75) is 46.3 Å². The third-order valence-electron chi connectivity index (χ3n) is 4.49. The molecule has 1 amide bonds. The van der Waals surface area contributed by atoms with Crippen molar-refractivity contribution in [3.05, 3.63) is 53.6 Å². The number of carbonyl (C=O) groups is 3. The second kappa shape index (κ2) is 13.7. The highest BCUT2D eigenvalue weighted by Crippen LogP contribution is 2.32.